The third-order valence-electron chi connectivity index (χ3n) is 7.92. The molecule has 0 radical (unpaired) electrons. The minimum Gasteiger partial charge on any atom is -0.208 e. The molecule has 8 aromatic rings. The quantitative estimate of drug-likeness (QED) is 0.192. The van der Waals surface area contributed by atoms with Crippen LogP contribution in [0.1, 0.15) is 0 Å². The first-order chi connectivity index (χ1) is 22.3. The number of hydrogen-bond acceptors (Lipinski definition) is 4. The fourth-order valence-electron chi connectivity index (χ4n) is 5.63. The number of hydrogen-bond donors (Lipinski definition) is 0. The summed E-state index contributed by atoms with van der Waals surface area (Å²) >= 11 is 1.84. The van der Waals surface area contributed by atoms with E-state index < -0.39 is 0 Å². The number of aromatic nitrogens is 3. The minimum absolute atomic E-state index is 0.650. The van der Waals surface area contributed by atoms with Crippen molar-refractivity contribution in [2.45, 2.75) is 0 Å². The molecule has 2 heterocycles. The summed E-state index contributed by atoms with van der Waals surface area (Å²) in [4.78, 5) is 16.0. The maximum Gasteiger partial charge on any atom is 0.164 e. The second-order valence-electron chi connectivity index (χ2n) is 10.9. The zero-order chi connectivity index (χ0) is 30.0. The van der Waals surface area contributed by atoms with Crippen LogP contribution in [0, 0.1) is 0 Å². The second kappa shape index (κ2) is 11.8. The molecule has 4 heteroatoms. The monoisotopic (exact) mass is 593 g/mol. The van der Waals surface area contributed by atoms with E-state index in [1.165, 1.54) is 31.7 Å². The highest BCUT2D eigenvalue weighted by Gasteiger charge is 2.13. The molecule has 0 saturated heterocycles. The van der Waals surface area contributed by atoms with Gasteiger partial charge in [-0.15, -0.1) is 11.3 Å². The van der Waals surface area contributed by atoms with Crippen LogP contribution in [0.15, 0.2) is 164 Å². The van der Waals surface area contributed by atoms with E-state index in [-0.39, 0.29) is 0 Å². The highest BCUT2D eigenvalue weighted by atomic mass is 32.1. The fraction of sp³-hybridized carbons (Fsp3) is 0. The Bertz CT molecular complexity index is 2180. The van der Waals surface area contributed by atoms with Crippen molar-refractivity contribution in [2.24, 2.45) is 0 Å². The van der Waals surface area contributed by atoms with E-state index in [4.69, 9.17) is 15.0 Å². The van der Waals surface area contributed by atoms with Crippen LogP contribution in [0.5, 0.6) is 0 Å². The number of thiophene rings is 1. The molecule has 0 atom stereocenters. The summed E-state index contributed by atoms with van der Waals surface area (Å²) < 4.78 is 1.31. The minimum atomic E-state index is 0.650. The third kappa shape index (κ3) is 5.55. The van der Waals surface area contributed by atoms with Gasteiger partial charge in [-0.05, 0) is 63.5 Å². The molecule has 45 heavy (non-hydrogen) atoms. The van der Waals surface area contributed by atoms with Crippen molar-refractivity contribution in [2.75, 3.05) is 0 Å². The molecular formula is C41H27N3S. The standard InChI is InChI=1S/C41H27N3S/c1-3-12-28(13-4-1)39-42-40(29-14-5-2-6-15-29)44-41(43-39)36-22-11-20-33(26-36)31-18-9-17-30(24-31)32-19-10-21-34(25-32)38-27-35-16-7-8-23-37(35)45-38/h1-27H. The van der Waals surface area contributed by atoms with Crippen LogP contribution in [0.2, 0.25) is 0 Å². The van der Waals surface area contributed by atoms with Crippen LogP contribution in [-0.4, -0.2) is 15.0 Å². The highest BCUT2D eigenvalue weighted by Crippen LogP contribution is 2.36. The van der Waals surface area contributed by atoms with Gasteiger partial charge < -0.3 is 0 Å². The molecule has 6 aromatic carbocycles. The van der Waals surface area contributed by atoms with Gasteiger partial charge in [0.05, 0.1) is 0 Å². The molecular weight excluding hydrogens is 567 g/mol. The lowest BCUT2D eigenvalue weighted by Gasteiger charge is -2.11. The van der Waals surface area contributed by atoms with Gasteiger partial charge in [0.15, 0.2) is 17.5 Å². The average Bonchev–Trinajstić information content (AvgIpc) is 3.57. The molecule has 0 unspecified atom stereocenters. The Morgan fingerprint density at radius 2 is 0.711 bits per heavy atom. The van der Waals surface area contributed by atoms with Crippen LogP contribution in [0.3, 0.4) is 0 Å². The van der Waals surface area contributed by atoms with Crippen LogP contribution in [-0.2, 0) is 0 Å². The predicted molar refractivity (Wildman–Crippen MR) is 188 cm³/mol. The number of benzene rings is 6. The molecule has 0 aliphatic rings. The van der Waals surface area contributed by atoms with Gasteiger partial charge in [0.25, 0.3) is 0 Å². The molecule has 0 fully saturated rings. The number of rotatable bonds is 6. The molecule has 0 bridgehead atoms. The van der Waals surface area contributed by atoms with Gasteiger partial charge >= 0.3 is 0 Å². The third-order valence-corrected chi connectivity index (χ3v) is 9.09. The Morgan fingerprint density at radius 3 is 1.27 bits per heavy atom. The summed E-state index contributed by atoms with van der Waals surface area (Å²) in [5.74, 6) is 1.97. The second-order valence-corrected chi connectivity index (χ2v) is 12.0. The van der Waals surface area contributed by atoms with Gasteiger partial charge in [-0.2, -0.15) is 0 Å². The lowest BCUT2D eigenvalue weighted by molar-refractivity contribution is 1.07. The van der Waals surface area contributed by atoms with E-state index in [1.807, 2.05) is 72.0 Å². The molecule has 0 aliphatic carbocycles. The van der Waals surface area contributed by atoms with E-state index in [1.54, 1.807) is 0 Å². The van der Waals surface area contributed by atoms with Gasteiger partial charge in [-0.1, -0.05) is 133 Å². The number of nitrogens with zero attached hydrogens (tertiary/aromatic N) is 3. The van der Waals surface area contributed by atoms with Crippen molar-refractivity contribution < 1.29 is 0 Å². The van der Waals surface area contributed by atoms with Gasteiger partial charge in [-0.3, -0.25) is 0 Å². The zero-order valence-electron chi connectivity index (χ0n) is 24.3. The SMILES string of the molecule is c1ccc(-c2nc(-c3ccccc3)nc(-c3cccc(-c4cccc(-c5cccc(-c6cc7ccccc7s6)c5)c4)c3)n2)cc1. The van der Waals surface area contributed by atoms with E-state index in [9.17, 15) is 0 Å². The molecule has 0 spiro atoms. The summed E-state index contributed by atoms with van der Waals surface area (Å²) in [7, 11) is 0. The average molecular weight is 594 g/mol. The van der Waals surface area contributed by atoms with Gasteiger partial charge in [0.1, 0.15) is 0 Å². The topological polar surface area (TPSA) is 38.7 Å². The van der Waals surface area contributed by atoms with Gasteiger partial charge in [0, 0.05) is 26.3 Å². The van der Waals surface area contributed by atoms with E-state index in [0.717, 1.165) is 27.8 Å². The Morgan fingerprint density at radius 1 is 0.311 bits per heavy atom. The van der Waals surface area contributed by atoms with E-state index >= 15 is 0 Å². The fourth-order valence-corrected chi connectivity index (χ4v) is 6.69. The molecule has 8 rings (SSSR count). The Hall–Kier alpha value is -5.71. The predicted octanol–water partition coefficient (Wildman–Crippen LogP) is 11.1. The van der Waals surface area contributed by atoms with Crippen molar-refractivity contribution in [3.05, 3.63) is 164 Å². The summed E-state index contributed by atoms with van der Waals surface area (Å²) in [5.41, 5.74) is 8.72. The summed E-state index contributed by atoms with van der Waals surface area (Å²) in [6.45, 7) is 0. The van der Waals surface area contributed by atoms with Crippen LogP contribution in [0.25, 0.3) is 76.9 Å². The highest BCUT2D eigenvalue weighted by molar-refractivity contribution is 7.22. The summed E-state index contributed by atoms with van der Waals surface area (Å²) in [6.07, 6.45) is 0. The molecule has 0 N–H and O–H groups in total. The van der Waals surface area contributed by atoms with Crippen molar-refractivity contribution in [3.63, 3.8) is 0 Å². The van der Waals surface area contributed by atoms with Gasteiger partial charge in [0.2, 0.25) is 0 Å². The van der Waals surface area contributed by atoms with E-state index in [2.05, 4.69) is 103 Å². The smallest absolute Gasteiger partial charge is 0.164 e. The van der Waals surface area contributed by atoms with Crippen LogP contribution >= 0.6 is 11.3 Å². The Kier molecular flexibility index (Phi) is 7.02. The molecule has 212 valence electrons. The summed E-state index contributed by atoms with van der Waals surface area (Å²) in [6, 6.07) is 57.1. The largest absolute Gasteiger partial charge is 0.208 e. The first-order valence-electron chi connectivity index (χ1n) is 14.9. The maximum atomic E-state index is 4.93. The van der Waals surface area contributed by atoms with Crippen molar-refractivity contribution in [1.29, 1.82) is 0 Å². The number of fused-ring (bicyclic) bond motifs is 1. The molecule has 2 aromatic heterocycles. The normalized spacial score (nSPS) is 11.1. The van der Waals surface area contributed by atoms with Crippen molar-refractivity contribution in [3.8, 4) is 66.9 Å². The van der Waals surface area contributed by atoms with Gasteiger partial charge in [-0.25, -0.2) is 15.0 Å². The molecule has 0 aliphatic heterocycles. The van der Waals surface area contributed by atoms with Crippen molar-refractivity contribution >= 4 is 21.4 Å². The molecule has 3 nitrogen and oxygen atoms in total. The van der Waals surface area contributed by atoms with Crippen LogP contribution < -0.4 is 0 Å². The van der Waals surface area contributed by atoms with Crippen LogP contribution in [0.4, 0.5) is 0 Å². The maximum absolute atomic E-state index is 4.93. The Labute approximate surface area is 266 Å². The molecule has 0 amide bonds. The first-order valence-corrected chi connectivity index (χ1v) is 15.8. The zero-order valence-corrected chi connectivity index (χ0v) is 25.2. The van der Waals surface area contributed by atoms with E-state index in [0.29, 0.717) is 17.5 Å². The van der Waals surface area contributed by atoms with Crippen molar-refractivity contribution in [1.82, 2.24) is 15.0 Å². The lowest BCUT2D eigenvalue weighted by Crippen LogP contribution is -2.00. The Balaban J connectivity index is 1.16. The summed E-state index contributed by atoms with van der Waals surface area (Å²) in [5, 5.41) is 1.29. The molecule has 0 saturated carbocycles. The first kappa shape index (κ1) is 26.9. The lowest BCUT2D eigenvalue weighted by atomic mass is 9.97.